The van der Waals surface area contributed by atoms with Crippen LogP contribution in [-0.4, -0.2) is 44.1 Å². The fraction of sp³-hybridized carbons (Fsp3) is 0.471. The third kappa shape index (κ3) is 4.58. The number of aromatic hydroxyl groups is 1. The minimum Gasteiger partial charge on any atom is -0.508 e. The lowest BCUT2D eigenvalue weighted by Crippen LogP contribution is -2.35. The minimum absolute atomic E-state index is 0.293. The molecule has 0 aliphatic heterocycles. The molecule has 0 radical (unpaired) electrons. The van der Waals surface area contributed by atoms with E-state index >= 15 is 0 Å². The van der Waals surface area contributed by atoms with Gasteiger partial charge >= 0.3 is 0 Å². The molecule has 0 spiro atoms. The summed E-state index contributed by atoms with van der Waals surface area (Å²) < 4.78 is 1.76. The van der Waals surface area contributed by atoms with Crippen molar-refractivity contribution in [1.82, 2.24) is 14.7 Å². The van der Waals surface area contributed by atoms with Crippen LogP contribution < -0.4 is 0 Å². The van der Waals surface area contributed by atoms with Crippen LogP contribution in [0.3, 0.4) is 0 Å². The van der Waals surface area contributed by atoms with E-state index in [4.69, 9.17) is 0 Å². The van der Waals surface area contributed by atoms with Crippen molar-refractivity contribution in [1.29, 1.82) is 0 Å². The average molecular weight is 301 g/mol. The first-order valence-electron chi connectivity index (χ1n) is 7.85. The second-order valence-electron chi connectivity index (χ2n) is 6.19. The highest BCUT2D eigenvalue weighted by atomic mass is 16.3. The molecule has 5 nitrogen and oxygen atoms in total. The number of hydrogen-bond donors (Lipinski definition) is 2. The second-order valence-corrected chi connectivity index (χ2v) is 6.19. The third-order valence-electron chi connectivity index (χ3n) is 3.96. The topological polar surface area (TPSA) is 61.5 Å². The third-order valence-corrected chi connectivity index (χ3v) is 3.96. The van der Waals surface area contributed by atoms with Crippen LogP contribution in [0.4, 0.5) is 0 Å². The van der Waals surface area contributed by atoms with Crippen molar-refractivity contribution in [3.05, 3.63) is 48.3 Å². The van der Waals surface area contributed by atoms with E-state index in [1.54, 1.807) is 23.0 Å². The SMILES string of the molecule is Oc1cccc(CN(CC(O)Cn2cccn2)CC2CC2)c1. The molecule has 5 heteroatoms. The molecule has 1 unspecified atom stereocenters. The van der Waals surface area contributed by atoms with E-state index in [-0.39, 0.29) is 0 Å². The number of aliphatic hydroxyl groups excluding tert-OH is 1. The number of phenols is 1. The molecule has 1 atom stereocenters. The highest BCUT2D eigenvalue weighted by molar-refractivity contribution is 5.27. The van der Waals surface area contributed by atoms with Crippen LogP contribution in [0.15, 0.2) is 42.7 Å². The van der Waals surface area contributed by atoms with Crippen molar-refractivity contribution in [3.63, 3.8) is 0 Å². The first-order valence-corrected chi connectivity index (χ1v) is 7.85. The summed E-state index contributed by atoms with van der Waals surface area (Å²) in [5.74, 6) is 1.05. The number of hydrogen-bond acceptors (Lipinski definition) is 4. The quantitative estimate of drug-likeness (QED) is 0.781. The van der Waals surface area contributed by atoms with E-state index in [0.717, 1.165) is 24.6 Å². The molecular weight excluding hydrogens is 278 g/mol. The summed E-state index contributed by atoms with van der Waals surface area (Å²) in [6, 6.07) is 9.21. The van der Waals surface area contributed by atoms with Crippen LogP contribution in [-0.2, 0) is 13.1 Å². The van der Waals surface area contributed by atoms with Crippen LogP contribution in [0.5, 0.6) is 5.75 Å². The van der Waals surface area contributed by atoms with Gasteiger partial charge in [-0.3, -0.25) is 9.58 Å². The predicted octanol–water partition coefficient (Wildman–Crippen LogP) is 1.86. The van der Waals surface area contributed by atoms with Crippen LogP contribution >= 0.6 is 0 Å². The second kappa shape index (κ2) is 6.94. The highest BCUT2D eigenvalue weighted by Gasteiger charge is 2.25. The van der Waals surface area contributed by atoms with Gasteiger partial charge in [0.15, 0.2) is 0 Å². The Morgan fingerprint density at radius 3 is 2.86 bits per heavy atom. The van der Waals surface area contributed by atoms with Crippen molar-refractivity contribution in [2.24, 2.45) is 5.92 Å². The van der Waals surface area contributed by atoms with Gasteiger partial charge in [-0.25, -0.2) is 0 Å². The molecule has 2 aromatic rings. The summed E-state index contributed by atoms with van der Waals surface area (Å²) >= 11 is 0. The lowest BCUT2D eigenvalue weighted by molar-refractivity contribution is 0.0890. The molecule has 1 aliphatic rings. The molecule has 1 fully saturated rings. The van der Waals surface area contributed by atoms with Gasteiger partial charge in [0.2, 0.25) is 0 Å². The first kappa shape index (κ1) is 15.1. The normalized spacial score (nSPS) is 16.1. The van der Waals surface area contributed by atoms with E-state index in [2.05, 4.69) is 10.00 Å². The summed E-state index contributed by atoms with van der Waals surface area (Å²) in [5, 5.41) is 24.0. The zero-order valence-corrected chi connectivity index (χ0v) is 12.7. The van der Waals surface area contributed by atoms with Crippen molar-refractivity contribution in [2.45, 2.75) is 32.0 Å². The summed E-state index contributed by atoms with van der Waals surface area (Å²) in [5.41, 5.74) is 1.08. The molecule has 1 aromatic heterocycles. The van der Waals surface area contributed by atoms with E-state index in [1.165, 1.54) is 12.8 Å². The maximum absolute atomic E-state index is 10.3. The molecule has 3 rings (SSSR count). The van der Waals surface area contributed by atoms with Gasteiger partial charge in [0, 0.05) is 32.0 Å². The summed E-state index contributed by atoms with van der Waals surface area (Å²) in [6.07, 6.45) is 5.71. The molecular formula is C17H23N3O2. The maximum atomic E-state index is 10.3. The van der Waals surface area contributed by atoms with Crippen LogP contribution in [0.2, 0.25) is 0 Å². The number of benzene rings is 1. The van der Waals surface area contributed by atoms with E-state index < -0.39 is 6.10 Å². The van der Waals surface area contributed by atoms with Gasteiger partial charge in [0.05, 0.1) is 12.6 Å². The zero-order valence-electron chi connectivity index (χ0n) is 12.7. The van der Waals surface area contributed by atoms with E-state index in [1.807, 2.05) is 24.4 Å². The van der Waals surface area contributed by atoms with Gasteiger partial charge in [0.1, 0.15) is 5.75 Å². The summed E-state index contributed by atoms with van der Waals surface area (Å²) in [4.78, 5) is 2.28. The van der Waals surface area contributed by atoms with Crippen molar-refractivity contribution in [2.75, 3.05) is 13.1 Å². The van der Waals surface area contributed by atoms with Gasteiger partial charge in [-0.15, -0.1) is 0 Å². The smallest absolute Gasteiger partial charge is 0.115 e. The van der Waals surface area contributed by atoms with Gasteiger partial charge < -0.3 is 10.2 Å². The van der Waals surface area contributed by atoms with Crippen LogP contribution in [0, 0.1) is 5.92 Å². The van der Waals surface area contributed by atoms with Crippen LogP contribution in [0.1, 0.15) is 18.4 Å². The van der Waals surface area contributed by atoms with Gasteiger partial charge in [-0.2, -0.15) is 5.10 Å². The minimum atomic E-state index is -0.448. The first-order chi connectivity index (χ1) is 10.7. The Kier molecular flexibility index (Phi) is 4.75. The fourth-order valence-electron chi connectivity index (χ4n) is 2.76. The molecule has 2 N–H and O–H groups in total. The molecule has 1 aliphatic carbocycles. The molecule has 22 heavy (non-hydrogen) atoms. The van der Waals surface area contributed by atoms with E-state index in [0.29, 0.717) is 18.8 Å². The molecule has 1 saturated carbocycles. The van der Waals surface area contributed by atoms with Gasteiger partial charge in [0.25, 0.3) is 0 Å². The number of aliphatic hydroxyl groups is 1. The van der Waals surface area contributed by atoms with Crippen LogP contribution in [0.25, 0.3) is 0 Å². The average Bonchev–Trinajstić information content (AvgIpc) is 3.12. The van der Waals surface area contributed by atoms with Crippen molar-refractivity contribution in [3.8, 4) is 5.75 Å². The molecule has 0 saturated heterocycles. The predicted molar refractivity (Wildman–Crippen MR) is 84.3 cm³/mol. The highest BCUT2D eigenvalue weighted by Crippen LogP contribution is 2.30. The molecule has 118 valence electrons. The molecule has 0 bridgehead atoms. The number of aromatic nitrogens is 2. The Hall–Kier alpha value is -1.85. The van der Waals surface area contributed by atoms with E-state index in [9.17, 15) is 10.2 Å². The van der Waals surface area contributed by atoms with Gasteiger partial charge in [-0.1, -0.05) is 12.1 Å². The summed E-state index contributed by atoms with van der Waals surface area (Å²) in [6.45, 7) is 2.88. The largest absolute Gasteiger partial charge is 0.508 e. The van der Waals surface area contributed by atoms with Crippen molar-refractivity contribution < 1.29 is 10.2 Å². The fourth-order valence-corrected chi connectivity index (χ4v) is 2.76. The molecule has 0 amide bonds. The Bertz CT molecular complexity index is 581. The summed E-state index contributed by atoms with van der Waals surface area (Å²) in [7, 11) is 0. The van der Waals surface area contributed by atoms with Crippen molar-refractivity contribution >= 4 is 0 Å². The monoisotopic (exact) mass is 301 g/mol. The number of nitrogens with zero attached hydrogens (tertiary/aromatic N) is 3. The number of rotatable bonds is 8. The van der Waals surface area contributed by atoms with Gasteiger partial charge in [-0.05, 0) is 42.5 Å². The Labute approximate surface area is 130 Å². The number of phenolic OH excluding ortho intramolecular Hbond substituents is 1. The standard InChI is InChI=1S/C17H23N3O2/c21-16-4-1-3-15(9-16)11-19(10-14-5-6-14)12-17(22)13-20-8-2-7-18-20/h1-4,7-9,14,17,21-22H,5-6,10-13H2. The molecule has 1 aromatic carbocycles. The lowest BCUT2D eigenvalue weighted by atomic mass is 10.2. The maximum Gasteiger partial charge on any atom is 0.115 e. The Balaban J connectivity index is 1.58. The Morgan fingerprint density at radius 1 is 1.32 bits per heavy atom. The Morgan fingerprint density at radius 2 is 2.18 bits per heavy atom. The molecule has 1 heterocycles. The lowest BCUT2D eigenvalue weighted by Gasteiger charge is -2.25. The zero-order chi connectivity index (χ0) is 15.4.